The van der Waals surface area contributed by atoms with Crippen LogP contribution in [0, 0.1) is 40.4 Å². The van der Waals surface area contributed by atoms with Crippen molar-refractivity contribution in [2.24, 2.45) is 46.2 Å². The van der Waals surface area contributed by atoms with Gasteiger partial charge >= 0.3 is 12.2 Å². The highest BCUT2D eigenvalue weighted by Gasteiger charge is 2.70. The molecule has 0 bridgehead atoms. The molecule has 0 spiro atoms. The van der Waals surface area contributed by atoms with Crippen molar-refractivity contribution in [3.63, 3.8) is 0 Å². The number of urea groups is 1. The van der Waals surface area contributed by atoms with Gasteiger partial charge in [-0.25, -0.2) is 9.59 Å². The van der Waals surface area contributed by atoms with Gasteiger partial charge in [0.05, 0.1) is 18.7 Å². The van der Waals surface area contributed by atoms with Crippen LogP contribution in [0.2, 0.25) is 0 Å². The number of piperidine rings is 1. The zero-order valence-electron chi connectivity index (χ0n) is 29.2. The van der Waals surface area contributed by atoms with Crippen LogP contribution in [-0.2, 0) is 28.7 Å². The molecule has 4 aliphatic carbocycles. The van der Waals surface area contributed by atoms with Gasteiger partial charge in [0.15, 0.2) is 0 Å². The Labute approximate surface area is 283 Å². The van der Waals surface area contributed by atoms with Crippen LogP contribution in [0.3, 0.4) is 0 Å². The summed E-state index contributed by atoms with van der Waals surface area (Å²) < 4.78 is 10.6. The van der Waals surface area contributed by atoms with E-state index >= 15 is 0 Å². The van der Waals surface area contributed by atoms with Crippen LogP contribution in [0.15, 0.2) is 0 Å². The van der Waals surface area contributed by atoms with Crippen molar-refractivity contribution in [2.45, 2.75) is 123 Å². The fourth-order valence-electron chi connectivity index (χ4n) is 8.02. The number of primary amides is 1. The number of hydrogen-bond donors (Lipinski definition) is 4. The zero-order chi connectivity index (χ0) is 35.0. The van der Waals surface area contributed by atoms with Crippen molar-refractivity contribution in [3.05, 3.63) is 0 Å². The Balaban J connectivity index is 1.27. The number of likely N-dealkylation sites (tertiary alicyclic amines) is 1. The molecular weight excluding hydrogens is 618 g/mol. The lowest BCUT2D eigenvalue weighted by atomic mass is 9.80. The molecule has 268 valence electrons. The number of nitrogens with zero attached hydrogens (tertiary/aromatic N) is 1. The minimum atomic E-state index is -1.09. The predicted octanol–water partition coefficient (Wildman–Crippen LogP) is 3.03. The molecule has 1 aliphatic heterocycles. The summed E-state index contributed by atoms with van der Waals surface area (Å²) in [4.78, 5) is 80.2. The van der Waals surface area contributed by atoms with E-state index in [4.69, 9.17) is 15.2 Å². The van der Waals surface area contributed by atoms with E-state index in [0.29, 0.717) is 25.5 Å². The highest BCUT2D eigenvalue weighted by molar-refractivity contribution is 6.37. The SMILES string of the molecule is CC(C)(C)[C@H](NC(=O)N[C@H](COC(=O)OCC1CC1)C1CCCC1)C(=O)N1C[C@H]2[C@@H]([C@H]1C(=O)NC(CC1CCC1)C(=O)C(N)=O)C2(C)C. The lowest BCUT2D eigenvalue weighted by Gasteiger charge is -2.38. The molecule has 48 heavy (non-hydrogen) atoms. The standard InChI is InChI=1S/C35H55N5O8/c1-34(2,3)28(39-32(45)38-24(21-11-6-7-12-21)18-48-33(46)47-17-20-13-14-20)31(44)40-16-22-25(35(22,4)5)26(40)30(43)37-23(27(41)29(36)42)15-19-9-8-10-19/h19-26,28H,6-18H2,1-5H3,(H2,36,42)(H,37,43)(H2,38,39,45)/t22-,23?,24+,25-,26-,28+/m0/s1. The van der Waals surface area contributed by atoms with E-state index < -0.39 is 65.3 Å². The van der Waals surface area contributed by atoms with E-state index in [-0.39, 0.29) is 35.7 Å². The van der Waals surface area contributed by atoms with Crippen LogP contribution in [0.4, 0.5) is 9.59 Å². The quantitative estimate of drug-likeness (QED) is 0.160. The van der Waals surface area contributed by atoms with Gasteiger partial charge in [0.1, 0.15) is 18.7 Å². The Hall–Kier alpha value is -3.38. The summed E-state index contributed by atoms with van der Waals surface area (Å²) in [6, 6.07) is -3.90. The summed E-state index contributed by atoms with van der Waals surface area (Å²) in [6.07, 6.45) is 8.36. The monoisotopic (exact) mass is 673 g/mol. The summed E-state index contributed by atoms with van der Waals surface area (Å²) >= 11 is 0. The lowest BCUT2D eigenvalue weighted by molar-refractivity contribution is -0.145. The molecule has 1 heterocycles. The molecule has 1 saturated heterocycles. The van der Waals surface area contributed by atoms with E-state index in [1.165, 1.54) is 4.90 Å². The molecule has 0 aromatic carbocycles. The second-order valence-electron chi connectivity index (χ2n) is 16.6. The molecule has 5 rings (SSSR count). The van der Waals surface area contributed by atoms with E-state index in [0.717, 1.165) is 57.8 Å². The molecule has 0 radical (unpaired) electrons. The van der Waals surface area contributed by atoms with Gasteiger partial charge in [-0.1, -0.05) is 66.7 Å². The third-order valence-electron chi connectivity index (χ3n) is 11.6. The molecule has 5 N–H and O–H groups in total. The van der Waals surface area contributed by atoms with Crippen LogP contribution in [0.1, 0.15) is 98.8 Å². The fraction of sp³-hybridized carbons (Fsp3) is 0.829. The number of nitrogens with two attached hydrogens (primary N) is 1. The maximum Gasteiger partial charge on any atom is 0.508 e. The highest BCUT2D eigenvalue weighted by Crippen LogP contribution is 2.65. The van der Waals surface area contributed by atoms with Crippen molar-refractivity contribution in [1.82, 2.24) is 20.9 Å². The van der Waals surface area contributed by atoms with Gasteiger partial charge in [-0.3, -0.25) is 19.2 Å². The predicted molar refractivity (Wildman–Crippen MR) is 175 cm³/mol. The molecule has 6 atom stereocenters. The summed E-state index contributed by atoms with van der Waals surface area (Å²) in [5.41, 5.74) is 4.43. The van der Waals surface area contributed by atoms with Crippen LogP contribution < -0.4 is 21.7 Å². The summed E-state index contributed by atoms with van der Waals surface area (Å²) in [5.74, 6) is -2.11. The van der Waals surface area contributed by atoms with E-state index in [1.54, 1.807) is 0 Å². The smallest absolute Gasteiger partial charge is 0.434 e. The fourth-order valence-corrected chi connectivity index (χ4v) is 8.02. The van der Waals surface area contributed by atoms with E-state index in [1.807, 2.05) is 20.8 Å². The molecule has 5 fully saturated rings. The normalized spacial score (nSPS) is 26.7. The van der Waals surface area contributed by atoms with Gasteiger partial charge in [-0.15, -0.1) is 0 Å². The average molecular weight is 674 g/mol. The minimum Gasteiger partial charge on any atom is -0.434 e. The number of carbonyl (C=O) groups is 6. The van der Waals surface area contributed by atoms with Crippen molar-refractivity contribution >= 4 is 35.7 Å². The number of amides is 5. The third-order valence-corrected chi connectivity index (χ3v) is 11.6. The minimum absolute atomic E-state index is 0.0332. The van der Waals surface area contributed by atoms with Crippen LogP contribution in [0.25, 0.3) is 0 Å². The Morgan fingerprint density at radius 3 is 2.10 bits per heavy atom. The van der Waals surface area contributed by atoms with Gasteiger partial charge in [0.2, 0.25) is 17.6 Å². The summed E-state index contributed by atoms with van der Waals surface area (Å²) in [7, 11) is 0. The zero-order valence-corrected chi connectivity index (χ0v) is 29.2. The van der Waals surface area contributed by atoms with Crippen molar-refractivity contribution in [2.75, 3.05) is 19.8 Å². The molecule has 0 aromatic rings. The van der Waals surface area contributed by atoms with Gasteiger partial charge in [-0.05, 0) is 72.5 Å². The van der Waals surface area contributed by atoms with E-state index in [2.05, 4.69) is 29.8 Å². The first-order chi connectivity index (χ1) is 22.6. The number of fused-ring (bicyclic) bond motifs is 1. The molecular formula is C35H55N5O8. The van der Waals surface area contributed by atoms with E-state index in [9.17, 15) is 28.8 Å². The Kier molecular flexibility index (Phi) is 10.6. The van der Waals surface area contributed by atoms with Gasteiger partial charge < -0.3 is 36.1 Å². The first-order valence-corrected chi connectivity index (χ1v) is 17.9. The third kappa shape index (κ3) is 8.25. The van der Waals surface area contributed by atoms with Gasteiger partial charge in [0, 0.05) is 6.54 Å². The average Bonchev–Trinajstić information content (AvgIpc) is 3.71. The second kappa shape index (κ2) is 14.2. The van der Waals surface area contributed by atoms with Crippen molar-refractivity contribution in [1.29, 1.82) is 0 Å². The topological polar surface area (TPSA) is 186 Å². The molecule has 5 amide bonds. The second-order valence-corrected chi connectivity index (χ2v) is 16.6. The number of carbonyl (C=O) groups excluding carboxylic acids is 6. The maximum absolute atomic E-state index is 14.3. The molecule has 13 nitrogen and oxygen atoms in total. The molecule has 4 saturated carbocycles. The van der Waals surface area contributed by atoms with Gasteiger partial charge in [0.25, 0.3) is 5.91 Å². The Morgan fingerprint density at radius 1 is 0.875 bits per heavy atom. The van der Waals surface area contributed by atoms with Gasteiger partial charge in [-0.2, -0.15) is 0 Å². The van der Waals surface area contributed by atoms with Crippen molar-refractivity contribution in [3.8, 4) is 0 Å². The number of ether oxygens (including phenoxy) is 2. The Morgan fingerprint density at radius 2 is 1.54 bits per heavy atom. The summed E-state index contributed by atoms with van der Waals surface area (Å²) in [6.45, 7) is 10.3. The Bertz CT molecular complexity index is 1270. The number of rotatable bonds is 14. The molecule has 0 aromatic heterocycles. The first-order valence-electron chi connectivity index (χ1n) is 17.9. The first kappa shape index (κ1) is 35.9. The number of nitrogens with one attached hydrogen (secondary N) is 3. The number of hydrogen-bond acceptors (Lipinski definition) is 8. The number of Topliss-reactive ketones (excluding diaryl/α,β-unsaturated/α-hetero) is 1. The largest absolute Gasteiger partial charge is 0.508 e. The lowest BCUT2D eigenvalue weighted by Crippen LogP contribution is -2.62. The highest BCUT2D eigenvalue weighted by atomic mass is 16.7. The van der Waals surface area contributed by atoms with Crippen LogP contribution in [-0.4, -0.2) is 84.5 Å². The van der Waals surface area contributed by atoms with Crippen LogP contribution in [0.5, 0.6) is 0 Å². The number of ketones is 1. The summed E-state index contributed by atoms with van der Waals surface area (Å²) in [5, 5.41) is 8.66. The maximum atomic E-state index is 14.3. The molecule has 13 heteroatoms. The van der Waals surface area contributed by atoms with Crippen molar-refractivity contribution < 1.29 is 38.2 Å². The molecule has 1 unspecified atom stereocenters. The molecule has 5 aliphatic rings. The van der Waals surface area contributed by atoms with Crippen LogP contribution >= 0.6 is 0 Å².